The van der Waals surface area contributed by atoms with Gasteiger partial charge in [-0.2, -0.15) is 0 Å². The summed E-state index contributed by atoms with van der Waals surface area (Å²) in [6.45, 7) is 3.08. The van der Waals surface area contributed by atoms with Gasteiger partial charge in [0.25, 0.3) is 0 Å². The van der Waals surface area contributed by atoms with E-state index in [1.165, 1.54) is 6.42 Å². The van der Waals surface area contributed by atoms with Gasteiger partial charge in [-0.05, 0) is 19.8 Å². The van der Waals surface area contributed by atoms with Gasteiger partial charge in [0.2, 0.25) is 11.8 Å². The zero-order valence-corrected chi connectivity index (χ0v) is 9.87. The minimum Gasteiger partial charge on any atom is -0.353 e. The fourth-order valence-electron chi connectivity index (χ4n) is 2.67. The lowest BCUT2D eigenvalue weighted by atomic mass is 9.88. The first-order chi connectivity index (χ1) is 7.70. The van der Waals surface area contributed by atoms with E-state index in [0.717, 1.165) is 25.7 Å². The predicted molar refractivity (Wildman–Crippen MR) is 60.8 cm³/mol. The van der Waals surface area contributed by atoms with E-state index in [-0.39, 0.29) is 23.8 Å². The van der Waals surface area contributed by atoms with Gasteiger partial charge in [0.1, 0.15) is 6.04 Å². The second kappa shape index (κ2) is 4.85. The average Bonchev–Trinajstić information content (AvgIpc) is 2.33. The van der Waals surface area contributed by atoms with Crippen LogP contribution in [0.25, 0.3) is 0 Å². The molecule has 0 radical (unpaired) electrons. The minimum absolute atomic E-state index is 0.0181. The van der Waals surface area contributed by atoms with Crippen molar-refractivity contribution in [1.29, 1.82) is 0 Å². The molecule has 16 heavy (non-hydrogen) atoms. The van der Waals surface area contributed by atoms with Crippen molar-refractivity contribution in [3.05, 3.63) is 0 Å². The van der Waals surface area contributed by atoms with Crippen LogP contribution < -0.4 is 5.32 Å². The molecule has 1 unspecified atom stereocenters. The average molecular weight is 224 g/mol. The maximum atomic E-state index is 12.3. The first-order valence-electron chi connectivity index (χ1n) is 6.28. The molecule has 1 heterocycles. The van der Waals surface area contributed by atoms with Crippen LogP contribution in [-0.2, 0) is 9.59 Å². The smallest absolute Gasteiger partial charge is 0.242 e. The third-order valence-corrected chi connectivity index (χ3v) is 3.74. The lowest BCUT2D eigenvalue weighted by molar-refractivity contribution is -0.146. The Kier molecular flexibility index (Phi) is 3.46. The summed E-state index contributed by atoms with van der Waals surface area (Å²) >= 11 is 0. The molecule has 1 aliphatic heterocycles. The number of hydrogen-bond acceptors (Lipinski definition) is 2. The predicted octanol–water partition coefficient (Wildman–Crippen LogP) is 0.914. The highest BCUT2D eigenvalue weighted by molar-refractivity contribution is 5.89. The quantitative estimate of drug-likeness (QED) is 0.720. The lowest BCUT2D eigenvalue weighted by Gasteiger charge is -2.36. The molecular formula is C12H20N2O2. The van der Waals surface area contributed by atoms with Crippen LogP contribution in [0, 0.1) is 5.92 Å². The van der Waals surface area contributed by atoms with E-state index in [0.29, 0.717) is 13.1 Å². The van der Waals surface area contributed by atoms with Crippen molar-refractivity contribution >= 4 is 11.8 Å². The molecule has 1 atom stereocenters. The molecule has 0 aromatic carbocycles. The fourth-order valence-corrected chi connectivity index (χ4v) is 2.67. The van der Waals surface area contributed by atoms with Crippen LogP contribution in [0.4, 0.5) is 0 Å². The Balaban J connectivity index is 1.99. The van der Waals surface area contributed by atoms with E-state index in [2.05, 4.69) is 5.32 Å². The summed E-state index contributed by atoms with van der Waals surface area (Å²) in [5.41, 5.74) is 0. The molecule has 2 fully saturated rings. The van der Waals surface area contributed by atoms with Crippen LogP contribution in [0.1, 0.15) is 39.0 Å². The zero-order chi connectivity index (χ0) is 11.5. The van der Waals surface area contributed by atoms with Gasteiger partial charge >= 0.3 is 0 Å². The molecule has 2 rings (SSSR count). The number of nitrogens with one attached hydrogen (secondary N) is 1. The van der Waals surface area contributed by atoms with Gasteiger partial charge in [-0.3, -0.25) is 9.59 Å². The molecule has 0 aromatic heterocycles. The molecule has 2 amide bonds. The van der Waals surface area contributed by atoms with Crippen molar-refractivity contribution in [2.75, 3.05) is 13.1 Å². The highest BCUT2D eigenvalue weighted by Gasteiger charge is 2.33. The number of nitrogens with zero attached hydrogens (tertiary/aromatic N) is 1. The maximum Gasteiger partial charge on any atom is 0.242 e. The number of hydrogen-bond donors (Lipinski definition) is 1. The molecule has 1 N–H and O–H groups in total. The van der Waals surface area contributed by atoms with Gasteiger partial charge < -0.3 is 10.2 Å². The van der Waals surface area contributed by atoms with E-state index in [1.54, 1.807) is 4.90 Å². The second-order valence-corrected chi connectivity index (χ2v) is 4.83. The molecule has 1 saturated heterocycles. The maximum absolute atomic E-state index is 12.3. The van der Waals surface area contributed by atoms with Gasteiger partial charge in [-0.1, -0.05) is 19.3 Å². The van der Waals surface area contributed by atoms with Crippen molar-refractivity contribution in [3.63, 3.8) is 0 Å². The summed E-state index contributed by atoms with van der Waals surface area (Å²) in [7, 11) is 0. The molecule has 0 spiro atoms. The minimum atomic E-state index is -0.289. The third-order valence-electron chi connectivity index (χ3n) is 3.74. The van der Waals surface area contributed by atoms with Crippen LogP contribution in [0.3, 0.4) is 0 Å². The van der Waals surface area contributed by atoms with E-state index >= 15 is 0 Å². The van der Waals surface area contributed by atoms with Gasteiger partial charge in [0, 0.05) is 19.0 Å². The van der Waals surface area contributed by atoms with Gasteiger partial charge in [0.05, 0.1) is 0 Å². The summed E-state index contributed by atoms with van der Waals surface area (Å²) in [6, 6.07) is -0.289. The third kappa shape index (κ3) is 2.20. The highest BCUT2D eigenvalue weighted by atomic mass is 16.2. The first kappa shape index (κ1) is 11.4. The number of rotatable bonds is 1. The first-order valence-corrected chi connectivity index (χ1v) is 6.28. The van der Waals surface area contributed by atoms with E-state index in [9.17, 15) is 9.59 Å². The Bertz CT molecular complexity index is 285. The molecule has 2 aliphatic rings. The van der Waals surface area contributed by atoms with Crippen LogP contribution in [0.15, 0.2) is 0 Å². The number of carbonyl (C=O) groups is 2. The van der Waals surface area contributed by atoms with Crippen LogP contribution in [-0.4, -0.2) is 35.8 Å². The van der Waals surface area contributed by atoms with Crippen molar-refractivity contribution in [1.82, 2.24) is 10.2 Å². The Morgan fingerprint density at radius 3 is 2.69 bits per heavy atom. The molecular weight excluding hydrogens is 204 g/mol. The molecule has 0 aromatic rings. The summed E-state index contributed by atoms with van der Waals surface area (Å²) in [6.07, 6.45) is 5.57. The molecule has 0 bridgehead atoms. The SMILES string of the molecule is CC1C(=O)NCCN1C(=O)C1CCCCC1. The molecule has 4 heteroatoms. The Hall–Kier alpha value is -1.06. The largest absolute Gasteiger partial charge is 0.353 e. The Morgan fingerprint density at radius 2 is 2.00 bits per heavy atom. The molecule has 1 aliphatic carbocycles. The summed E-state index contributed by atoms with van der Waals surface area (Å²) in [4.78, 5) is 25.5. The van der Waals surface area contributed by atoms with E-state index < -0.39 is 0 Å². The summed E-state index contributed by atoms with van der Waals surface area (Å²) in [5, 5.41) is 2.79. The number of piperazine rings is 1. The fraction of sp³-hybridized carbons (Fsp3) is 0.833. The summed E-state index contributed by atoms with van der Waals surface area (Å²) in [5.74, 6) is 0.347. The number of carbonyl (C=O) groups excluding carboxylic acids is 2. The molecule has 90 valence electrons. The molecule has 4 nitrogen and oxygen atoms in total. The lowest BCUT2D eigenvalue weighted by Crippen LogP contribution is -2.57. The number of amides is 2. The van der Waals surface area contributed by atoms with Crippen LogP contribution in [0.5, 0.6) is 0 Å². The van der Waals surface area contributed by atoms with Crippen molar-refractivity contribution in [2.45, 2.75) is 45.1 Å². The standard InChI is InChI=1S/C12H20N2O2/c1-9-11(15)13-7-8-14(9)12(16)10-5-3-2-4-6-10/h9-10H,2-8H2,1H3,(H,13,15). The normalized spacial score (nSPS) is 27.7. The van der Waals surface area contributed by atoms with Crippen molar-refractivity contribution in [3.8, 4) is 0 Å². The highest BCUT2D eigenvalue weighted by Crippen LogP contribution is 2.26. The van der Waals surface area contributed by atoms with Crippen molar-refractivity contribution < 1.29 is 9.59 Å². The van der Waals surface area contributed by atoms with Gasteiger partial charge in [-0.25, -0.2) is 0 Å². The van der Waals surface area contributed by atoms with Gasteiger partial charge in [0.15, 0.2) is 0 Å². The van der Waals surface area contributed by atoms with Crippen molar-refractivity contribution in [2.24, 2.45) is 5.92 Å². The summed E-state index contributed by atoms with van der Waals surface area (Å²) < 4.78 is 0. The second-order valence-electron chi connectivity index (χ2n) is 4.83. The Labute approximate surface area is 96.4 Å². The monoisotopic (exact) mass is 224 g/mol. The van der Waals surface area contributed by atoms with E-state index in [1.807, 2.05) is 6.92 Å². The Morgan fingerprint density at radius 1 is 1.31 bits per heavy atom. The van der Waals surface area contributed by atoms with E-state index in [4.69, 9.17) is 0 Å². The zero-order valence-electron chi connectivity index (χ0n) is 9.87. The topological polar surface area (TPSA) is 49.4 Å². The van der Waals surface area contributed by atoms with Gasteiger partial charge in [-0.15, -0.1) is 0 Å². The van der Waals surface area contributed by atoms with Crippen LogP contribution in [0.2, 0.25) is 0 Å². The van der Waals surface area contributed by atoms with Crippen LogP contribution >= 0.6 is 0 Å². The molecule has 1 saturated carbocycles.